The van der Waals surface area contributed by atoms with Crippen molar-refractivity contribution in [2.75, 3.05) is 24.6 Å². The SMILES string of the molecule is C[C@H](NC(=O)[C@H](c1ccccc1)N1CCS(=O)(=O)CC1)C1CC1. The zero-order valence-electron chi connectivity index (χ0n) is 13.4. The van der Waals surface area contributed by atoms with Crippen LogP contribution in [0, 0.1) is 5.92 Å². The Bertz CT molecular complexity index is 642. The fourth-order valence-corrected chi connectivity index (χ4v) is 4.39. The van der Waals surface area contributed by atoms with Gasteiger partial charge in [-0.25, -0.2) is 8.42 Å². The van der Waals surface area contributed by atoms with Crippen LogP contribution in [-0.2, 0) is 14.6 Å². The molecule has 3 rings (SSSR count). The van der Waals surface area contributed by atoms with Gasteiger partial charge in [-0.2, -0.15) is 0 Å². The first-order valence-corrected chi connectivity index (χ1v) is 10.1. The van der Waals surface area contributed by atoms with Gasteiger partial charge in [0.25, 0.3) is 0 Å². The molecule has 1 heterocycles. The van der Waals surface area contributed by atoms with Crippen molar-refractivity contribution in [2.45, 2.75) is 31.8 Å². The maximum absolute atomic E-state index is 12.8. The predicted molar refractivity (Wildman–Crippen MR) is 89.7 cm³/mol. The van der Waals surface area contributed by atoms with Crippen molar-refractivity contribution in [1.82, 2.24) is 10.2 Å². The monoisotopic (exact) mass is 336 g/mol. The van der Waals surface area contributed by atoms with E-state index in [2.05, 4.69) is 12.2 Å². The van der Waals surface area contributed by atoms with Crippen molar-refractivity contribution in [3.63, 3.8) is 0 Å². The van der Waals surface area contributed by atoms with E-state index >= 15 is 0 Å². The molecule has 1 aliphatic carbocycles. The number of amides is 1. The van der Waals surface area contributed by atoms with Crippen molar-refractivity contribution in [3.05, 3.63) is 35.9 Å². The van der Waals surface area contributed by atoms with E-state index in [0.29, 0.717) is 19.0 Å². The lowest BCUT2D eigenvalue weighted by molar-refractivity contribution is -0.127. The van der Waals surface area contributed by atoms with Crippen molar-refractivity contribution >= 4 is 15.7 Å². The van der Waals surface area contributed by atoms with Crippen LogP contribution in [0.2, 0.25) is 0 Å². The van der Waals surface area contributed by atoms with Gasteiger partial charge in [-0.1, -0.05) is 30.3 Å². The second kappa shape index (κ2) is 6.61. The van der Waals surface area contributed by atoms with Gasteiger partial charge in [0, 0.05) is 19.1 Å². The number of nitrogens with one attached hydrogen (secondary N) is 1. The topological polar surface area (TPSA) is 66.5 Å². The number of rotatable bonds is 5. The molecular formula is C17H24N2O3S. The molecule has 0 bridgehead atoms. The molecule has 126 valence electrons. The van der Waals surface area contributed by atoms with Crippen LogP contribution in [-0.4, -0.2) is 49.9 Å². The molecule has 23 heavy (non-hydrogen) atoms. The molecule has 1 saturated carbocycles. The lowest BCUT2D eigenvalue weighted by Crippen LogP contribution is -2.49. The van der Waals surface area contributed by atoms with Crippen LogP contribution in [0.5, 0.6) is 0 Å². The highest BCUT2D eigenvalue weighted by atomic mass is 32.2. The van der Waals surface area contributed by atoms with Crippen LogP contribution in [0.15, 0.2) is 30.3 Å². The maximum Gasteiger partial charge on any atom is 0.242 e. The summed E-state index contributed by atoms with van der Waals surface area (Å²) in [5.41, 5.74) is 0.923. The Balaban J connectivity index is 1.77. The molecule has 1 aromatic rings. The Morgan fingerprint density at radius 1 is 1.17 bits per heavy atom. The van der Waals surface area contributed by atoms with Crippen LogP contribution in [0.25, 0.3) is 0 Å². The third kappa shape index (κ3) is 4.12. The second-order valence-corrected chi connectivity index (χ2v) is 8.94. The Morgan fingerprint density at radius 3 is 2.35 bits per heavy atom. The molecule has 0 radical (unpaired) electrons. The van der Waals surface area contributed by atoms with Gasteiger partial charge in [-0.15, -0.1) is 0 Å². The van der Waals surface area contributed by atoms with Crippen molar-refractivity contribution in [1.29, 1.82) is 0 Å². The zero-order chi connectivity index (χ0) is 16.4. The van der Waals surface area contributed by atoms with Crippen molar-refractivity contribution in [2.24, 2.45) is 5.92 Å². The minimum Gasteiger partial charge on any atom is -0.352 e. The Morgan fingerprint density at radius 2 is 1.78 bits per heavy atom. The molecule has 2 fully saturated rings. The number of carbonyl (C=O) groups excluding carboxylic acids is 1. The lowest BCUT2D eigenvalue weighted by atomic mass is 10.0. The zero-order valence-corrected chi connectivity index (χ0v) is 14.3. The summed E-state index contributed by atoms with van der Waals surface area (Å²) in [6.07, 6.45) is 2.36. The van der Waals surface area contributed by atoms with Gasteiger partial charge >= 0.3 is 0 Å². The summed E-state index contributed by atoms with van der Waals surface area (Å²) in [7, 11) is -2.96. The third-order valence-corrected chi connectivity index (χ3v) is 6.42. The highest BCUT2D eigenvalue weighted by molar-refractivity contribution is 7.91. The maximum atomic E-state index is 12.8. The van der Waals surface area contributed by atoms with E-state index in [-0.39, 0.29) is 23.5 Å². The van der Waals surface area contributed by atoms with Gasteiger partial charge in [0.15, 0.2) is 9.84 Å². The molecule has 2 atom stereocenters. The van der Waals surface area contributed by atoms with E-state index < -0.39 is 15.9 Å². The van der Waals surface area contributed by atoms with Gasteiger partial charge in [-0.05, 0) is 31.2 Å². The van der Waals surface area contributed by atoms with Gasteiger partial charge in [0.1, 0.15) is 6.04 Å². The van der Waals surface area contributed by atoms with Crippen LogP contribution in [0.4, 0.5) is 0 Å². The first kappa shape index (κ1) is 16.5. The van der Waals surface area contributed by atoms with Gasteiger partial charge in [0.2, 0.25) is 5.91 Å². The molecule has 0 aromatic heterocycles. The largest absolute Gasteiger partial charge is 0.352 e. The second-order valence-electron chi connectivity index (χ2n) is 6.64. The number of benzene rings is 1. The summed E-state index contributed by atoms with van der Waals surface area (Å²) in [5.74, 6) is 0.829. The smallest absolute Gasteiger partial charge is 0.242 e. The highest BCUT2D eigenvalue weighted by Gasteiger charge is 2.35. The molecule has 1 saturated heterocycles. The fraction of sp³-hybridized carbons (Fsp3) is 0.588. The molecule has 1 aromatic carbocycles. The summed E-state index contributed by atoms with van der Waals surface area (Å²) in [6, 6.07) is 9.41. The number of hydrogen-bond donors (Lipinski definition) is 1. The van der Waals surface area contributed by atoms with Crippen LogP contribution >= 0.6 is 0 Å². The van der Waals surface area contributed by atoms with E-state index in [4.69, 9.17) is 0 Å². The van der Waals surface area contributed by atoms with Crippen LogP contribution in [0.1, 0.15) is 31.4 Å². The normalized spacial score (nSPS) is 23.9. The van der Waals surface area contributed by atoms with Crippen LogP contribution < -0.4 is 5.32 Å². The van der Waals surface area contributed by atoms with E-state index in [1.165, 1.54) is 12.8 Å². The van der Waals surface area contributed by atoms with E-state index in [9.17, 15) is 13.2 Å². The van der Waals surface area contributed by atoms with E-state index in [0.717, 1.165) is 5.56 Å². The first-order chi connectivity index (χ1) is 11.0. The highest BCUT2D eigenvalue weighted by Crippen LogP contribution is 2.33. The van der Waals surface area contributed by atoms with Crippen molar-refractivity contribution < 1.29 is 13.2 Å². The number of nitrogens with zero attached hydrogens (tertiary/aromatic N) is 1. The average Bonchev–Trinajstić information content (AvgIpc) is 3.35. The number of sulfone groups is 1. The summed E-state index contributed by atoms with van der Waals surface area (Å²) in [4.78, 5) is 14.8. The molecule has 1 amide bonds. The quantitative estimate of drug-likeness (QED) is 0.882. The lowest BCUT2D eigenvalue weighted by Gasteiger charge is -2.34. The van der Waals surface area contributed by atoms with E-state index in [1.54, 1.807) is 0 Å². The van der Waals surface area contributed by atoms with Gasteiger partial charge in [0.05, 0.1) is 11.5 Å². The minimum atomic E-state index is -2.96. The average molecular weight is 336 g/mol. The Kier molecular flexibility index (Phi) is 4.73. The molecule has 5 nitrogen and oxygen atoms in total. The third-order valence-electron chi connectivity index (χ3n) is 4.81. The standard InChI is InChI=1S/C17H24N2O3S/c1-13(14-7-8-14)18-17(20)16(15-5-3-2-4-6-15)19-9-11-23(21,22)12-10-19/h2-6,13-14,16H,7-12H2,1H3,(H,18,20)/t13-,16-/m0/s1. The molecule has 0 unspecified atom stereocenters. The number of carbonyl (C=O) groups is 1. The summed E-state index contributed by atoms with van der Waals surface area (Å²) in [6.45, 7) is 2.87. The summed E-state index contributed by atoms with van der Waals surface area (Å²) >= 11 is 0. The molecule has 0 spiro atoms. The fourth-order valence-electron chi connectivity index (χ4n) is 3.17. The molecular weight excluding hydrogens is 312 g/mol. The molecule has 2 aliphatic rings. The summed E-state index contributed by atoms with van der Waals surface area (Å²) < 4.78 is 23.3. The molecule has 1 aliphatic heterocycles. The van der Waals surface area contributed by atoms with Gasteiger partial charge in [-0.3, -0.25) is 9.69 Å². The molecule has 1 N–H and O–H groups in total. The van der Waals surface area contributed by atoms with Gasteiger partial charge < -0.3 is 5.32 Å². The minimum absolute atomic E-state index is 0.0186. The molecule has 6 heteroatoms. The van der Waals surface area contributed by atoms with E-state index in [1.807, 2.05) is 35.2 Å². The Labute approximate surface area is 138 Å². The van der Waals surface area contributed by atoms with Crippen molar-refractivity contribution in [3.8, 4) is 0 Å². The first-order valence-electron chi connectivity index (χ1n) is 8.26. The van der Waals surface area contributed by atoms with Crippen LogP contribution in [0.3, 0.4) is 0 Å². The Hall–Kier alpha value is -1.40. The summed E-state index contributed by atoms with van der Waals surface area (Å²) in [5, 5.41) is 3.13. The predicted octanol–water partition coefficient (Wildman–Crippen LogP) is 1.37. The number of hydrogen-bond acceptors (Lipinski definition) is 4.